The maximum atomic E-state index is 12.5. The summed E-state index contributed by atoms with van der Waals surface area (Å²) in [5, 5.41) is 2.69. The minimum atomic E-state index is -4.45. The van der Waals surface area contributed by atoms with Gasteiger partial charge in [0, 0.05) is 17.1 Å². The Morgan fingerprint density at radius 1 is 1.28 bits per heavy atom. The summed E-state index contributed by atoms with van der Waals surface area (Å²) < 4.78 is 37.6. The van der Waals surface area contributed by atoms with Gasteiger partial charge in [0.1, 0.15) is 0 Å². The molecule has 0 spiro atoms. The van der Waals surface area contributed by atoms with E-state index in [-0.39, 0.29) is 17.2 Å². The Balaban J connectivity index is 3.04. The first-order valence-electron chi connectivity index (χ1n) is 5.12. The first-order valence-corrected chi connectivity index (χ1v) is 5.12. The maximum Gasteiger partial charge on any atom is 0.416 e. The van der Waals surface area contributed by atoms with Crippen LogP contribution in [0.3, 0.4) is 0 Å². The molecule has 0 atom stereocenters. The lowest BCUT2D eigenvalue weighted by molar-refractivity contribution is -0.137. The van der Waals surface area contributed by atoms with E-state index in [0.717, 1.165) is 12.1 Å². The Labute approximate surface area is 102 Å². The van der Waals surface area contributed by atoms with Crippen LogP contribution < -0.4 is 11.1 Å². The van der Waals surface area contributed by atoms with Crippen molar-refractivity contribution in [2.24, 2.45) is 0 Å². The molecule has 0 radical (unpaired) electrons. The summed E-state index contributed by atoms with van der Waals surface area (Å²) in [4.78, 5) is 10.8. The van der Waals surface area contributed by atoms with Gasteiger partial charge in [0.2, 0.25) is 0 Å². The molecule has 6 heteroatoms. The lowest BCUT2D eigenvalue weighted by Crippen LogP contribution is -2.07. The number of hydrogen-bond donors (Lipinski definition) is 2. The number of nitrogens with one attached hydrogen (secondary N) is 1. The molecule has 0 aromatic heterocycles. The molecule has 0 fully saturated rings. The van der Waals surface area contributed by atoms with E-state index < -0.39 is 11.7 Å². The van der Waals surface area contributed by atoms with Gasteiger partial charge in [-0.1, -0.05) is 0 Å². The number of ketones is 1. The minimum Gasteiger partial charge on any atom is -0.399 e. The molecule has 0 aliphatic heterocycles. The Hall–Kier alpha value is -1.98. The van der Waals surface area contributed by atoms with Crippen LogP contribution in [0.4, 0.5) is 24.5 Å². The molecular weight excluding hydrogens is 245 g/mol. The molecule has 0 saturated heterocycles. The summed E-state index contributed by atoms with van der Waals surface area (Å²) >= 11 is 0. The highest BCUT2D eigenvalue weighted by atomic mass is 19.4. The predicted molar refractivity (Wildman–Crippen MR) is 63.9 cm³/mol. The van der Waals surface area contributed by atoms with Gasteiger partial charge in [0.25, 0.3) is 0 Å². The minimum absolute atomic E-state index is 0.00273. The van der Waals surface area contributed by atoms with Gasteiger partial charge in [0.05, 0.1) is 5.56 Å². The van der Waals surface area contributed by atoms with Crippen LogP contribution in [0.15, 0.2) is 30.0 Å². The molecule has 98 valence electrons. The lowest BCUT2D eigenvalue weighted by Gasteiger charge is -2.12. The van der Waals surface area contributed by atoms with Crippen LogP contribution in [-0.2, 0) is 11.0 Å². The first kappa shape index (κ1) is 14.1. The van der Waals surface area contributed by atoms with E-state index in [1.807, 2.05) is 0 Å². The molecular formula is C12H13F3N2O. The van der Waals surface area contributed by atoms with E-state index in [1.54, 1.807) is 6.92 Å². The molecule has 0 bridgehead atoms. The molecule has 3 nitrogen and oxygen atoms in total. The van der Waals surface area contributed by atoms with E-state index in [9.17, 15) is 18.0 Å². The summed E-state index contributed by atoms with van der Waals surface area (Å²) in [6, 6.07) is 3.16. The van der Waals surface area contributed by atoms with Crippen LogP contribution in [0.2, 0.25) is 0 Å². The fraction of sp³-hybridized carbons (Fsp3) is 0.250. The number of carbonyl (C=O) groups is 1. The van der Waals surface area contributed by atoms with Crippen LogP contribution in [0.1, 0.15) is 19.4 Å². The highest BCUT2D eigenvalue weighted by Crippen LogP contribution is 2.32. The molecule has 0 amide bonds. The third kappa shape index (κ3) is 4.12. The van der Waals surface area contributed by atoms with Crippen LogP contribution in [-0.4, -0.2) is 5.78 Å². The van der Waals surface area contributed by atoms with Crippen molar-refractivity contribution in [2.45, 2.75) is 20.0 Å². The van der Waals surface area contributed by atoms with E-state index in [0.29, 0.717) is 5.70 Å². The SMILES string of the molecule is CC(=O)/C=C(/C)Nc1cc(N)cc(C(F)(F)F)c1. The molecule has 1 rings (SSSR count). The monoisotopic (exact) mass is 258 g/mol. The zero-order chi connectivity index (χ0) is 13.9. The number of hydrogen-bond acceptors (Lipinski definition) is 3. The van der Waals surface area contributed by atoms with Crippen molar-refractivity contribution in [1.29, 1.82) is 0 Å². The number of benzene rings is 1. The predicted octanol–water partition coefficient (Wildman–Crippen LogP) is 3.19. The fourth-order valence-electron chi connectivity index (χ4n) is 1.46. The summed E-state index contributed by atoms with van der Waals surface area (Å²) in [5.41, 5.74) is 5.21. The Morgan fingerprint density at radius 3 is 2.39 bits per heavy atom. The van der Waals surface area contributed by atoms with E-state index in [1.165, 1.54) is 19.1 Å². The molecule has 1 aromatic rings. The molecule has 0 saturated carbocycles. The molecule has 0 unspecified atom stereocenters. The summed E-state index contributed by atoms with van der Waals surface area (Å²) in [6.07, 6.45) is -3.17. The number of anilines is 2. The van der Waals surface area contributed by atoms with Gasteiger partial charge in [0.15, 0.2) is 5.78 Å². The average Bonchev–Trinajstić information content (AvgIpc) is 2.13. The Kier molecular flexibility index (Phi) is 4.00. The third-order valence-corrected chi connectivity index (χ3v) is 2.04. The smallest absolute Gasteiger partial charge is 0.399 e. The molecule has 18 heavy (non-hydrogen) atoms. The fourth-order valence-corrected chi connectivity index (χ4v) is 1.46. The molecule has 0 heterocycles. The number of carbonyl (C=O) groups excluding carboxylic acids is 1. The van der Waals surface area contributed by atoms with Crippen molar-refractivity contribution in [2.75, 3.05) is 11.1 Å². The summed E-state index contributed by atoms with van der Waals surface area (Å²) in [5.74, 6) is -0.194. The number of alkyl halides is 3. The highest BCUT2D eigenvalue weighted by molar-refractivity contribution is 5.88. The number of nitrogen functional groups attached to an aromatic ring is 1. The first-order chi connectivity index (χ1) is 8.18. The Morgan fingerprint density at radius 2 is 1.89 bits per heavy atom. The largest absolute Gasteiger partial charge is 0.416 e. The van der Waals surface area contributed by atoms with Crippen molar-refractivity contribution in [3.8, 4) is 0 Å². The van der Waals surface area contributed by atoms with Gasteiger partial charge < -0.3 is 11.1 Å². The van der Waals surface area contributed by atoms with Crippen molar-refractivity contribution in [3.05, 3.63) is 35.5 Å². The van der Waals surface area contributed by atoms with Gasteiger partial charge in [-0.2, -0.15) is 13.2 Å². The molecule has 0 aliphatic rings. The molecule has 3 N–H and O–H groups in total. The van der Waals surface area contributed by atoms with Gasteiger partial charge in [-0.3, -0.25) is 4.79 Å². The van der Waals surface area contributed by atoms with E-state index in [2.05, 4.69) is 5.32 Å². The number of rotatable bonds is 3. The zero-order valence-corrected chi connectivity index (χ0v) is 9.93. The Bertz CT molecular complexity index is 493. The molecule has 1 aromatic carbocycles. The number of allylic oxidation sites excluding steroid dienone is 2. The third-order valence-electron chi connectivity index (χ3n) is 2.04. The molecule has 0 aliphatic carbocycles. The van der Waals surface area contributed by atoms with Crippen molar-refractivity contribution in [1.82, 2.24) is 0 Å². The normalized spacial score (nSPS) is 12.4. The second-order valence-electron chi connectivity index (χ2n) is 3.90. The van der Waals surface area contributed by atoms with Gasteiger partial charge in [-0.25, -0.2) is 0 Å². The number of nitrogens with two attached hydrogens (primary N) is 1. The van der Waals surface area contributed by atoms with Crippen molar-refractivity contribution in [3.63, 3.8) is 0 Å². The zero-order valence-electron chi connectivity index (χ0n) is 9.93. The van der Waals surface area contributed by atoms with Gasteiger partial charge in [-0.05, 0) is 38.1 Å². The highest BCUT2D eigenvalue weighted by Gasteiger charge is 2.31. The van der Waals surface area contributed by atoms with Crippen LogP contribution >= 0.6 is 0 Å². The number of halogens is 3. The second-order valence-corrected chi connectivity index (χ2v) is 3.90. The van der Waals surface area contributed by atoms with Crippen LogP contribution in [0.25, 0.3) is 0 Å². The van der Waals surface area contributed by atoms with Crippen molar-refractivity contribution >= 4 is 17.2 Å². The lowest BCUT2D eigenvalue weighted by atomic mass is 10.1. The summed E-state index contributed by atoms with van der Waals surface area (Å²) in [7, 11) is 0. The standard InChI is InChI=1S/C12H13F3N2O/c1-7(3-8(2)18)17-11-5-9(12(13,14)15)4-10(16)6-11/h3-6,17H,16H2,1-2H3/b7-3-. The van der Waals surface area contributed by atoms with Gasteiger partial charge >= 0.3 is 6.18 Å². The summed E-state index contributed by atoms with van der Waals surface area (Å²) in [6.45, 7) is 2.93. The maximum absolute atomic E-state index is 12.5. The van der Waals surface area contributed by atoms with E-state index >= 15 is 0 Å². The van der Waals surface area contributed by atoms with Crippen LogP contribution in [0.5, 0.6) is 0 Å². The second kappa shape index (κ2) is 5.12. The van der Waals surface area contributed by atoms with Crippen molar-refractivity contribution < 1.29 is 18.0 Å². The van der Waals surface area contributed by atoms with Gasteiger partial charge in [-0.15, -0.1) is 0 Å². The average molecular weight is 258 g/mol. The van der Waals surface area contributed by atoms with Crippen LogP contribution in [0, 0.1) is 0 Å². The topological polar surface area (TPSA) is 55.1 Å². The quantitative estimate of drug-likeness (QED) is 0.646. The van der Waals surface area contributed by atoms with E-state index in [4.69, 9.17) is 5.73 Å².